The molecule has 0 spiro atoms. The Morgan fingerprint density at radius 2 is 1.63 bits per heavy atom. The van der Waals surface area contributed by atoms with Crippen molar-refractivity contribution >= 4 is 11.4 Å². The average molecular weight is 254 g/mol. The van der Waals surface area contributed by atoms with Gasteiger partial charge >= 0.3 is 0 Å². The van der Waals surface area contributed by atoms with Gasteiger partial charge in [0.25, 0.3) is 0 Å². The molecule has 100 valence electrons. The number of aryl methyl sites for hydroxylation is 2. The van der Waals surface area contributed by atoms with E-state index >= 15 is 0 Å². The molecule has 2 rings (SSSR count). The molecule has 0 heterocycles. The Labute approximate surface area is 116 Å². The smallest absolute Gasteiger partial charge is 0.0426 e. The van der Waals surface area contributed by atoms with Crippen LogP contribution in [-0.2, 0) is 6.54 Å². The maximum absolute atomic E-state index is 3.14. The lowest BCUT2D eigenvalue weighted by molar-refractivity contribution is 0.921. The molecular formula is C17H22N2. The predicted octanol–water partition coefficient (Wildman–Crippen LogP) is 3.98. The van der Waals surface area contributed by atoms with Gasteiger partial charge in [-0.3, -0.25) is 0 Å². The second-order valence-electron chi connectivity index (χ2n) is 5.07. The van der Waals surface area contributed by atoms with E-state index in [0.717, 1.165) is 12.2 Å². The first-order valence-corrected chi connectivity index (χ1v) is 6.65. The molecule has 0 aliphatic rings. The van der Waals surface area contributed by atoms with Crippen molar-refractivity contribution < 1.29 is 0 Å². The van der Waals surface area contributed by atoms with Crippen LogP contribution >= 0.6 is 0 Å². The molecule has 2 aromatic rings. The average Bonchev–Trinajstić information content (AvgIpc) is 2.42. The van der Waals surface area contributed by atoms with Crippen LogP contribution in [-0.4, -0.2) is 14.1 Å². The molecule has 2 heteroatoms. The summed E-state index contributed by atoms with van der Waals surface area (Å²) in [7, 11) is 4.08. The lowest BCUT2D eigenvalue weighted by atomic mass is 10.1. The van der Waals surface area contributed by atoms with E-state index in [4.69, 9.17) is 0 Å². The summed E-state index contributed by atoms with van der Waals surface area (Å²) in [5.41, 5.74) is 6.42. The number of anilines is 2. The molecule has 0 fully saturated rings. The first-order chi connectivity index (χ1) is 9.10. The fourth-order valence-electron chi connectivity index (χ4n) is 2.11. The van der Waals surface area contributed by atoms with Crippen molar-refractivity contribution in [3.05, 3.63) is 59.2 Å². The number of benzene rings is 2. The van der Waals surface area contributed by atoms with Gasteiger partial charge in [0.05, 0.1) is 0 Å². The third kappa shape index (κ3) is 3.28. The Hall–Kier alpha value is -1.96. The molecule has 0 radical (unpaired) electrons. The van der Waals surface area contributed by atoms with Gasteiger partial charge in [0.1, 0.15) is 0 Å². The van der Waals surface area contributed by atoms with Crippen molar-refractivity contribution in [2.45, 2.75) is 20.4 Å². The molecule has 0 saturated heterocycles. The Morgan fingerprint density at radius 3 is 2.21 bits per heavy atom. The van der Waals surface area contributed by atoms with Gasteiger partial charge in [-0.2, -0.15) is 0 Å². The highest BCUT2D eigenvalue weighted by Crippen LogP contribution is 2.20. The number of hydrogen-bond acceptors (Lipinski definition) is 2. The lowest BCUT2D eigenvalue weighted by Gasteiger charge is -2.20. The first kappa shape index (κ1) is 13.5. The SMILES string of the molecule is CNc1ccc(CN(C)c2ccc(C)c(C)c2)cc1. The van der Waals surface area contributed by atoms with Crippen LogP contribution in [0.25, 0.3) is 0 Å². The van der Waals surface area contributed by atoms with Crippen LogP contribution in [0, 0.1) is 13.8 Å². The summed E-state index contributed by atoms with van der Waals surface area (Å²) in [5, 5.41) is 3.14. The lowest BCUT2D eigenvalue weighted by Crippen LogP contribution is -2.16. The van der Waals surface area contributed by atoms with Crippen LogP contribution < -0.4 is 10.2 Å². The van der Waals surface area contributed by atoms with Crippen molar-refractivity contribution in [1.29, 1.82) is 0 Å². The maximum Gasteiger partial charge on any atom is 0.0426 e. The third-order valence-electron chi connectivity index (χ3n) is 3.59. The van der Waals surface area contributed by atoms with E-state index in [0.29, 0.717) is 0 Å². The first-order valence-electron chi connectivity index (χ1n) is 6.65. The van der Waals surface area contributed by atoms with Gasteiger partial charge in [0.15, 0.2) is 0 Å². The quantitative estimate of drug-likeness (QED) is 0.887. The van der Waals surface area contributed by atoms with E-state index in [-0.39, 0.29) is 0 Å². The molecule has 0 aliphatic carbocycles. The summed E-state index contributed by atoms with van der Waals surface area (Å²) < 4.78 is 0. The van der Waals surface area contributed by atoms with Crippen LogP contribution in [0.4, 0.5) is 11.4 Å². The van der Waals surface area contributed by atoms with E-state index < -0.39 is 0 Å². The molecule has 1 N–H and O–H groups in total. The zero-order chi connectivity index (χ0) is 13.8. The van der Waals surface area contributed by atoms with Gasteiger partial charge in [-0.1, -0.05) is 18.2 Å². The van der Waals surface area contributed by atoms with Crippen LogP contribution in [0.5, 0.6) is 0 Å². The van der Waals surface area contributed by atoms with Crippen molar-refractivity contribution in [2.75, 3.05) is 24.3 Å². The highest BCUT2D eigenvalue weighted by Gasteiger charge is 2.03. The van der Waals surface area contributed by atoms with E-state index in [2.05, 4.69) is 73.6 Å². The zero-order valence-corrected chi connectivity index (χ0v) is 12.2. The van der Waals surface area contributed by atoms with E-state index in [1.54, 1.807) is 0 Å². The Bertz CT molecular complexity index is 544. The largest absolute Gasteiger partial charge is 0.388 e. The molecule has 2 nitrogen and oxygen atoms in total. The number of nitrogens with one attached hydrogen (secondary N) is 1. The summed E-state index contributed by atoms with van der Waals surface area (Å²) in [6.45, 7) is 5.23. The van der Waals surface area contributed by atoms with E-state index in [9.17, 15) is 0 Å². The number of rotatable bonds is 4. The van der Waals surface area contributed by atoms with Gasteiger partial charge < -0.3 is 10.2 Å². The van der Waals surface area contributed by atoms with Crippen molar-refractivity contribution in [3.8, 4) is 0 Å². The van der Waals surface area contributed by atoms with Gasteiger partial charge in [-0.25, -0.2) is 0 Å². The normalized spacial score (nSPS) is 10.3. The zero-order valence-electron chi connectivity index (χ0n) is 12.2. The summed E-state index contributed by atoms with van der Waals surface area (Å²) >= 11 is 0. The second-order valence-corrected chi connectivity index (χ2v) is 5.07. The van der Waals surface area contributed by atoms with Crippen LogP contribution in [0.1, 0.15) is 16.7 Å². The van der Waals surface area contributed by atoms with Crippen molar-refractivity contribution in [1.82, 2.24) is 0 Å². The molecule has 0 bridgehead atoms. The summed E-state index contributed by atoms with van der Waals surface area (Å²) in [4.78, 5) is 2.28. The topological polar surface area (TPSA) is 15.3 Å². The molecule has 0 saturated carbocycles. The standard InChI is InChI=1S/C17H22N2/c1-13-5-10-17(11-14(13)2)19(4)12-15-6-8-16(18-3)9-7-15/h5-11,18H,12H2,1-4H3. The summed E-state index contributed by atoms with van der Waals surface area (Å²) in [6.07, 6.45) is 0. The van der Waals surface area contributed by atoms with Crippen LogP contribution in [0.2, 0.25) is 0 Å². The van der Waals surface area contributed by atoms with Crippen molar-refractivity contribution in [3.63, 3.8) is 0 Å². The molecule has 2 aromatic carbocycles. The minimum atomic E-state index is 0.923. The van der Waals surface area contributed by atoms with Crippen molar-refractivity contribution in [2.24, 2.45) is 0 Å². The minimum Gasteiger partial charge on any atom is -0.388 e. The number of nitrogens with zero attached hydrogens (tertiary/aromatic N) is 1. The monoisotopic (exact) mass is 254 g/mol. The van der Waals surface area contributed by atoms with Gasteiger partial charge in [0.2, 0.25) is 0 Å². The Kier molecular flexibility index (Phi) is 4.10. The summed E-state index contributed by atoms with van der Waals surface area (Å²) in [6, 6.07) is 15.2. The summed E-state index contributed by atoms with van der Waals surface area (Å²) in [5.74, 6) is 0. The Balaban J connectivity index is 2.10. The molecule has 0 unspecified atom stereocenters. The second kappa shape index (κ2) is 5.79. The Morgan fingerprint density at radius 1 is 0.947 bits per heavy atom. The van der Waals surface area contributed by atoms with E-state index in [1.165, 1.54) is 22.4 Å². The molecular weight excluding hydrogens is 232 g/mol. The van der Waals surface area contributed by atoms with Gasteiger partial charge in [0, 0.05) is 32.0 Å². The van der Waals surface area contributed by atoms with Gasteiger partial charge in [-0.05, 0) is 54.8 Å². The highest BCUT2D eigenvalue weighted by atomic mass is 15.1. The highest BCUT2D eigenvalue weighted by molar-refractivity contribution is 5.51. The molecule has 19 heavy (non-hydrogen) atoms. The van der Waals surface area contributed by atoms with Crippen LogP contribution in [0.15, 0.2) is 42.5 Å². The fourth-order valence-corrected chi connectivity index (χ4v) is 2.11. The maximum atomic E-state index is 3.14. The molecule has 0 aromatic heterocycles. The number of hydrogen-bond donors (Lipinski definition) is 1. The minimum absolute atomic E-state index is 0.923. The molecule has 0 aliphatic heterocycles. The third-order valence-corrected chi connectivity index (χ3v) is 3.59. The molecule has 0 amide bonds. The van der Waals surface area contributed by atoms with Crippen LogP contribution in [0.3, 0.4) is 0 Å². The van der Waals surface area contributed by atoms with E-state index in [1.807, 2.05) is 7.05 Å². The molecule has 0 atom stereocenters. The fraction of sp³-hybridized carbons (Fsp3) is 0.294. The van der Waals surface area contributed by atoms with Gasteiger partial charge in [-0.15, -0.1) is 0 Å². The predicted molar refractivity (Wildman–Crippen MR) is 84.0 cm³/mol.